The van der Waals surface area contributed by atoms with E-state index in [0.717, 1.165) is 12.1 Å². The van der Waals surface area contributed by atoms with Gasteiger partial charge in [0.15, 0.2) is 5.15 Å². The number of halogens is 5. The number of nitrogens with one attached hydrogen (secondary N) is 1. The van der Waals surface area contributed by atoms with E-state index < -0.39 is 23.7 Å². The maximum atomic E-state index is 12.7. The number of benzene rings is 1. The molecule has 1 atom stereocenters. The van der Waals surface area contributed by atoms with Gasteiger partial charge in [0, 0.05) is 17.7 Å². The molecule has 2 rings (SSSR count). The number of hydrogen-bond acceptors (Lipinski definition) is 2. The number of carbonyl (C=O) groups is 1. The number of aromatic nitrogens is 2. The predicted molar refractivity (Wildman–Crippen MR) is 80.6 cm³/mol. The third-order valence-corrected chi connectivity index (χ3v) is 3.47. The smallest absolute Gasteiger partial charge is 0.348 e. The maximum Gasteiger partial charge on any atom is 0.416 e. The number of alkyl halides is 3. The lowest BCUT2D eigenvalue weighted by Crippen LogP contribution is -2.36. The van der Waals surface area contributed by atoms with E-state index in [9.17, 15) is 18.0 Å². The summed E-state index contributed by atoms with van der Waals surface area (Å²) in [6, 6.07) is 5.25. The summed E-state index contributed by atoms with van der Waals surface area (Å²) in [5.74, 6) is -0.613. The van der Waals surface area contributed by atoms with E-state index in [1.165, 1.54) is 22.9 Å². The molecule has 1 amide bonds. The summed E-state index contributed by atoms with van der Waals surface area (Å²) in [4.78, 5) is 12.0. The van der Waals surface area contributed by atoms with Gasteiger partial charge in [0.1, 0.15) is 5.15 Å². The van der Waals surface area contributed by atoms with Crippen LogP contribution in [0.2, 0.25) is 10.3 Å². The first-order valence-corrected chi connectivity index (χ1v) is 7.29. The highest BCUT2D eigenvalue weighted by Gasteiger charge is 2.31. The summed E-state index contributed by atoms with van der Waals surface area (Å²) in [6.45, 7) is 1.91. The van der Waals surface area contributed by atoms with Crippen LogP contribution in [0.3, 0.4) is 0 Å². The summed E-state index contributed by atoms with van der Waals surface area (Å²) in [7, 11) is 0. The number of nitrogens with zero attached hydrogens (tertiary/aromatic N) is 2. The van der Waals surface area contributed by atoms with Crippen molar-refractivity contribution >= 4 is 29.1 Å². The first-order valence-electron chi connectivity index (χ1n) is 6.54. The van der Waals surface area contributed by atoms with Crippen LogP contribution in [0.4, 0.5) is 13.2 Å². The van der Waals surface area contributed by atoms with Crippen LogP contribution in [0.25, 0.3) is 0 Å². The molecule has 4 nitrogen and oxygen atoms in total. The average Bonchev–Trinajstić information content (AvgIpc) is 2.75. The van der Waals surface area contributed by atoms with E-state index in [-0.39, 0.29) is 17.3 Å². The Hall–Kier alpha value is -1.73. The fourth-order valence-corrected chi connectivity index (χ4v) is 2.40. The molecule has 0 saturated carbocycles. The van der Waals surface area contributed by atoms with E-state index >= 15 is 0 Å². The van der Waals surface area contributed by atoms with Crippen molar-refractivity contribution in [2.45, 2.75) is 25.7 Å². The van der Waals surface area contributed by atoms with Crippen LogP contribution in [-0.2, 0) is 12.7 Å². The minimum Gasteiger partial charge on any atom is -0.348 e. The lowest BCUT2D eigenvalue weighted by Gasteiger charge is -2.15. The average molecular weight is 366 g/mol. The summed E-state index contributed by atoms with van der Waals surface area (Å²) in [6.07, 6.45) is -4.50. The molecule has 0 unspecified atom stereocenters. The second-order valence-corrected chi connectivity index (χ2v) is 5.70. The molecule has 1 aromatic heterocycles. The molecule has 0 fully saturated rings. The van der Waals surface area contributed by atoms with Gasteiger partial charge >= 0.3 is 6.18 Å². The minimum absolute atomic E-state index is 0.0729. The van der Waals surface area contributed by atoms with Crippen LogP contribution < -0.4 is 5.32 Å². The Morgan fingerprint density at radius 1 is 1.35 bits per heavy atom. The Kier molecular flexibility index (Phi) is 5.21. The number of hydrogen-bond donors (Lipinski definition) is 1. The molecule has 0 radical (unpaired) electrons. The van der Waals surface area contributed by atoms with Gasteiger partial charge in [-0.3, -0.25) is 9.48 Å². The Morgan fingerprint density at radius 3 is 2.61 bits per heavy atom. The zero-order chi connectivity index (χ0) is 17.2. The van der Waals surface area contributed by atoms with Crippen molar-refractivity contribution in [3.05, 3.63) is 51.8 Å². The third-order valence-electron chi connectivity index (χ3n) is 2.98. The molecule has 0 aliphatic carbocycles. The highest BCUT2D eigenvalue weighted by molar-refractivity contribution is 6.33. The third kappa shape index (κ3) is 4.62. The topological polar surface area (TPSA) is 46.9 Å². The van der Waals surface area contributed by atoms with Crippen molar-refractivity contribution in [3.8, 4) is 0 Å². The normalized spacial score (nSPS) is 13.0. The van der Waals surface area contributed by atoms with Crippen molar-refractivity contribution in [2.24, 2.45) is 0 Å². The predicted octanol–water partition coefficient (Wildman–Crippen LogP) is 4.03. The molecule has 124 valence electrons. The number of rotatable bonds is 4. The number of carbonyl (C=O) groups excluding carboxylic acids is 1. The molecule has 0 saturated heterocycles. The van der Waals surface area contributed by atoms with Crippen molar-refractivity contribution in [1.82, 2.24) is 15.1 Å². The van der Waals surface area contributed by atoms with Crippen molar-refractivity contribution in [2.75, 3.05) is 0 Å². The van der Waals surface area contributed by atoms with Crippen LogP contribution in [0, 0.1) is 0 Å². The zero-order valence-electron chi connectivity index (χ0n) is 11.9. The summed E-state index contributed by atoms with van der Waals surface area (Å²) < 4.78 is 39.4. The Bertz CT molecular complexity index is 716. The van der Waals surface area contributed by atoms with Crippen LogP contribution >= 0.6 is 23.2 Å². The van der Waals surface area contributed by atoms with Crippen molar-refractivity contribution in [1.29, 1.82) is 0 Å². The molecule has 9 heteroatoms. The molecule has 1 aromatic carbocycles. The summed E-state index contributed by atoms with van der Waals surface area (Å²) >= 11 is 11.6. The van der Waals surface area contributed by atoms with E-state index in [2.05, 4.69) is 10.4 Å². The highest BCUT2D eigenvalue weighted by atomic mass is 35.5. The lowest BCUT2D eigenvalue weighted by molar-refractivity contribution is -0.137. The second-order valence-electron chi connectivity index (χ2n) is 4.92. The van der Waals surface area contributed by atoms with E-state index in [1.54, 1.807) is 6.92 Å². The minimum atomic E-state index is -4.50. The zero-order valence-corrected chi connectivity index (χ0v) is 13.4. The van der Waals surface area contributed by atoms with E-state index in [1.807, 2.05) is 0 Å². The van der Waals surface area contributed by atoms with Gasteiger partial charge in [-0.05, 0) is 25.1 Å². The van der Waals surface area contributed by atoms with Crippen LogP contribution in [0.15, 0.2) is 30.3 Å². The fraction of sp³-hybridized carbons (Fsp3) is 0.286. The van der Waals surface area contributed by atoms with Gasteiger partial charge in [-0.2, -0.15) is 18.3 Å². The molecule has 0 spiro atoms. The molecule has 2 aromatic rings. The van der Waals surface area contributed by atoms with Gasteiger partial charge in [0.25, 0.3) is 5.91 Å². The highest BCUT2D eigenvalue weighted by Crippen LogP contribution is 2.29. The molecule has 1 N–H and O–H groups in total. The van der Waals surface area contributed by atoms with Crippen molar-refractivity contribution in [3.63, 3.8) is 0 Å². The molecule has 1 heterocycles. The van der Waals surface area contributed by atoms with Gasteiger partial charge in [0.2, 0.25) is 0 Å². The Balaban J connectivity index is 2.05. The maximum absolute atomic E-state index is 12.7. The van der Waals surface area contributed by atoms with E-state index in [0.29, 0.717) is 5.15 Å². The van der Waals surface area contributed by atoms with Gasteiger partial charge < -0.3 is 5.32 Å². The number of amides is 1. The molecule has 23 heavy (non-hydrogen) atoms. The monoisotopic (exact) mass is 365 g/mol. The van der Waals surface area contributed by atoms with Crippen LogP contribution in [-0.4, -0.2) is 21.7 Å². The Labute approximate surface area is 140 Å². The Morgan fingerprint density at radius 2 is 2.04 bits per heavy atom. The molecule has 0 bridgehead atoms. The second kappa shape index (κ2) is 6.80. The van der Waals surface area contributed by atoms with E-state index in [4.69, 9.17) is 23.2 Å². The van der Waals surface area contributed by atoms with Crippen molar-refractivity contribution < 1.29 is 18.0 Å². The SMILES string of the molecule is C[C@@H](Cn1nc(Cl)cc1Cl)NC(=O)c1cccc(C(F)(F)F)c1. The van der Waals surface area contributed by atoms with Gasteiger partial charge in [0.05, 0.1) is 12.1 Å². The van der Waals surface area contributed by atoms with Crippen LogP contribution in [0.1, 0.15) is 22.8 Å². The molecular formula is C14H12Cl2F3N3O. The van der Waals surface area contributed by atoms with Crippen LogP contribution in [0.5, 0.6) is 0 Å². The van der Waals surface area contributed by atoms with Gasteiger partial charge in [-0.25, -0.2) is 0 Å². The largest absolute Gasteiger partial charge is 0.416 e. The quantitative estimate of drug-likeness (QED) is 0.888. The summed E-state index contributed by atoms with van der Waals surface area (Å²) in [5, 5.41) is 7.03. The fourth-order valence-electron chi connectivity index (χ4n) is 1.94. The first kappa shape index (κ1) is 17.6. The first-order chi connectivity index (χ1) is 10.7. The molecule has 0 aliphatic rings. The lowest BCUT2D eigenvalue weighted by atomic mass is 10.1. The summed E-state index contributed by atoms with van der Waals surface area (Å²) in [5.41, 5.74) is -0.948. The van der Waals surface area contributed by atoms with Gasteiger partial charge in [-0.15, -0.1) is 0 Å². The molecular weight excluding hydrogens is 354 g/mol. The standard InChI is InChI=1S/C14H12Cl2F3N3O/c1-8(7-22-12(16)6-11(15)21-22)20-13(23)9-3-2-4-10(5-9)14(17,18)19/h2-6,8H,7H2,1H3,(H,20,23)/t8-/m0/s1. The van der Waals surface area contributed by atoms with Gasteiger partial charge in [-0.1, -0.05) is 29.3 Å². The molecule has 0 aliphatic heterocycles.